The Hall–Kier alpha value is 0.741. The molecule has 31 heavy (non-hydrogen) atoms. The van der Waals surface area contributed by atoms with Gasteiger partial charge in [0.2, 0.25) is 0 Å². The van der Waals surface area contributed by atoms with E-state index in [0.717, 1.165) is 9.80 Å². The topological polar surface area (TPSA) is 36.9 Å². The maximum absolute atomic E-state index is 5.54. The zero-order valence-corrected chi connectivity index (χ0v) is 24.7. The van der Waals surface area contributed by atoms with Crippen LogP contribution >= 0.6 is 7.92 Å². The van der Waals surface area contributed by atoms with Crippen molar-refractivity contribution in [3.05, 3.63) is 24.3 Å². The number of hydrogen-bond donors (Lipinski definition) is 0. The summed E-state index contributed by atoms with van der Waals surface area (Å²) in [5, 5.41) is 1.46. The van der Waals surface area contributed by atoms with E-state index >= 15 is 0 Å². The van der Waals surface area contributed by atoms with Crippen molar-refractivity contribution in [2.24, 2.45) is 0 Å². The molecule has 174 valence electrons. The molecule has 1 aliphatic heterocycles. The molecule has 0 aromatic heterocycles. The maximum atomic E-state index is 5.54. The summed E-state index contributed by atoms with van der Waals surface area (Å²) in [6, 6.07) is 8.57. The SMILES string of the molecule is C1COCCOCCOCCO1.C[P@](c1ccccc1[S-])C([Si](C)(C)C)[Si](C)(C)C.[Li+]. The predicted molar refractivity (Wildman–Crippen MR) is 138 cm³/mol. The second-order valence-corrected chi connectivity index (χ2v) is 24.5. The Kier molecular flexibility index (Phi) is 16.8. The van der Waals surface area contributed by atoms with Gasteiger partial charge >= 0.3 is 18.9 Å². The van der Waals surface area contributed by atoms with E-state index in [1.54, 1.807) is 0 Å². The first-order valence-corrected chi connectivity index (χ1v) is 20.3. The molecule has 1 fully saturated rings. The zero-order chi connectivity index (χ0) is 22.6. The molecule has 2 rings (SSSR count). The summed E-state index contributed by atoms with van der Waals surface area (Å²) in [6.07, 6.45) is 0. The zero-order valence-electron chi connectivity index (χ0n) is 21.0. The Morgan fingerprint density at radius 1 is 0.710 bits per heavy atom. The van der Waals surface area contributed by atoms with Crippen LogP contribution in [0.4, 0.5) is 0 Å². The second kappa shape index (κ2) is 16.4. The first-order chi connectivity index (χ1) is 14.0. The minimum absolute atomic E-state index is 0. The van der Waals surface area contributed by atoms with E-state index < -0.39 is 16.1 Å². The van der Waals surface area contributed by atoms with Gasteiger partial charge in [0.25, 0.3) is 0 Å². The van der Waals surface area contributed by atoms with Gasteiger partial charge in [0.1, 0.15) is 0 Å². The van der Waals surface area contributed by atoms with Crippen molar-refractivity contribution in [2.45, 2.75) is 49.1 Å². The van der Waals surface area contributed by atoms with Crippen molar-refractivity contribution in [1.82, 2.24) is 0 Å². The third-order valence-corrected chi connectivity index (χ3v) is 22.6. The molecule has 1 aromatic rings. The Morgan fingerprint density at radius 2 is 1.03 bits per heavy atom. The molecule has 0 aliphatic carbocycles. The van der Waals surface area contributed by atoms with Crippen molar-refractivity contribution in [3.8, 4) is 0 Å². The van der Waals surface area contributed by atoms with Crippen molar-refractivity contribution in [1.29, 1.82) is 0 Å². The van der Waals surface area contributed by atoms with Gasteiger partial charge in [-0.25, -0.2) is 0 Å². The molecule has 0 spiro atoms. The van der Waals surface area contributed by atoms with Crippen LogP contribution in [-0.4, -0.2) is 80.6 Å². The minimum Gasteiger partial charge on any atom is -0.779 e. The number of hydrogen-bond acceptors (Lipinski definition) is 5. The molecule has 0 N–H and O–H groups in total. The summed E-state index contributed by atoms with van der Waals surface area (Å²) in [5.74, 6) is 0. The van der Waals surface area contributed by atoms with Crippen LogP contribution < -0.4 is 24.2 Å². The molecule has 1 aromatic carbocycles. The van der Waals surface area contributed by atoms with Gasteiger partial charge in [0, 0.05) is 16.1 Å². The average Bonchev–Trinajstić information content (AvgIpc) is 2.60. The molecule has 1 saturated heterocycles. The van der Waals surface area contributed by atoms with Crippen LogP contribution in [0.2, 0.25) is 39.3 Å². The molecular formula is C22H42LiO4PSSi2. The quantitative estimate of drug-likeness (QED) is 0.359. The van der Waals surface area contributed by atoms with Crippen molar-refractivity contribution >= 4 is 42.0 Å². The van der Waals surface area contributed by atoms with Crippen LogP contribution in [0.3, 0.4) is 0 Å². The van der Waals surface area contributed by atoms with Gasteiger partial charge in [-0.05, 0) is 16.9 Å². The molecule has 1 heterocycles. The third kappa shape index (κ3) is 13.3. The first kappa shape index (κ1) is 31.7. The maximum Gasteiger partial charge on any atom is 1.00 e. The fourth-order valence-electron chi connectivity index (χ4n) is 4.23. The van der Waals surface area contributed by atoms with Gasteiger partial charge in [-0.2, -0.15) is 4.90 Å². The van der Waals surface area contributed by atoms with E-state index in [4.69, 9.17) is 31.6 Å². The molecule has 0 bridgehead atoms. The summed E-state index contributed by atoms with van der Waals surface area (Å²) in [7, 11) is -2.41. The molecule has 0 radical (unpaired) electrons. The second-order valence-electron chi connectivity index (χ2n) is 9.66. The molecular weight excluding hydrogens is 454 g/mol. The van der Waals surface area contributed by atoms with Crippen LogP contribution in [0.15, 0.2) is 29.2 Å². The Labute approximate surface area is 211 Å². The molecule has 1 atom stereocenters. The monoisotopic (exact) mass is 496 g/mol. The Morgan fingerprint density at radius 3 is 1.32 bits per heavy atom. The summed E-state index contributed by atoms with van der Waals surface area (Å²) in [4.78, 5) is 2.01. The molecule has 0 unspecified atom stereocenters. The Bertz CT molecular complexity index is 543. The predicted octanol–water partition coefficient (Wildman–Crippen LogP) is 1.52. The summed E-state index contributed by atoms with van der Waals surface area (Å²) in [5.41, 5.74) is 0. The summed E-state index contributed by atoms with van der Waals surface area (Å²) >= 11 is 5.54. The van der Waals surface area contributed by atoms with E-state index in [0.29, 0.717) is 52.9 Å². The van der Waals surface area contributed by atoms with Crippen LogP contribution in [0.5, 0.6) is 0 Å². The van der Waals surface area contributed by atoms with Crippen LogP contribution in [0.1, 0.15) is 0 Å². The fraction of sp³-hybridized carbons (Fsp3) is 0.727. The standard InChI is InChI=1S/C14H27PSSi2.C8H16O4.Li/c1-15(12-10-8-9-11-13(12)16)14(17(2,3)4)18(5,6)7;1-2-10-5-6-12-8-7-11-4-3-9-1;/h8-11,14,16H,1-7H3;1-8H2;/q;;+1/p-1/t15-;;/m1../s1. The normalized spacial score (nSPS) is 17.9. The van der Waals surface area contributed by atoms with Gasteiger partial charge in [-0.1, -0.05) is 71.5 Å². The third-order valence-electron chi connectivity index (χ3n) is 4.76. The summed E-state index contributed by atoms with van der Waals surface area (Å²) in [6.45, 7) is 22.8. The van der Waals surface area contributed by atoms with E-state index in [1.165, 1.54) is 5.30 Å². The molecule has 1 aliphatic rings. The minimum atomic E-state index is -1.15. The number of rotatable bonds is 4. The van der Waals surface area contributed by atoms with Gasteiger partial charge in [-0.15, -0.1) is 0 Å². The average molecular weight is 497 g/mol. The van der Waals surface area contributed by atoms with Crippen molar-refractivity contribution in [3.63, 3.8) is 0 Å². The van der Waals surface area contributed by atoms with Crippen molar-refractivity contribution in [2.75, 3.05) is 59.5 Å². The van der Waals surface area contributed by atoms with Gasteiger partial charge in [-0.3, -0.25) is 0 Å². The molecule has 4 nitrogen and oxygen atoms in total. The van der Waals surface area contributed by atoms with Crippen LogP contribution in [-0.2, 0) is 31.6 Å². The number of ether oxygens (including phenoxy) is 4. The molecule has 0 saturated carbocycles. The first-order valence-electron chi connectivity index (χ1n) is 10.8. The van der Waals surface area contributed by atoms with E-state index in [9.17, 15) is 0 Å². The van der Waals surface area contributed by atoms with Gasteiger partial charge in [0.15, 0.2) is 0 Å². The van der Waals surface area contributed by atoms with E-state index in [2.05, 4.69) is 70.2 Å². The number of benzene rings is 1. The molecule has 0 amide bonds. The fourth-order valence-corrected chi connectivity index (χ4v) is 26.4. The van der Waals surface area contributed by atoms with Gasteiger partial charge in [0.05, 0.1) is 52.9 Å². The molecule has 9 heteroatoms. The smallest absolute Gasteiger partial charge is 0.779 e. The van der Waals surface area contributed by atoms with E-state index in [-0.39, 0.29) is 26.8 Å². The largest absolute Gasteiger partial charge is 1.00 e. The van der Waals surface area contributed by atoms with Crippen molar-refractivity contribution < 1.29 is 37.8 Å². The van der Waals surface area contributed by atoms with Crippen LogP contribution in [0.25, 0.3) is 0 Å². The summed E-state index contributed by atoms with van der Waals surface area (Å²) < 4.78 is 20.9. The van der Waals surface area contributed by atoms with Gasteiger partial charge < -0.3 is 31.6 Å². The van der Waals surface area contributed by atoms with E-state index in [1.807, 2.05) is 0 Å². The van der Waals surface area contributed by atoms with Crippen LogP contribution in [0, 0.1) is 0 Å². The Balaban J connectivity index is 0.000000605.